The van der Waals surface area contributed by atoms with Crippen molar-refractivity contribution in [2.75, 3.05) is 33.1 Å². The van der Waals surface area contributed by atoms with Gasteiger partial charge in [-0.2, -0.15) is 0 Å². The molecule has 0 saturated carbocycles. The van der Waals surface area contributed by atoms with Gasteiger partial charge in [-0.15, -0.1) is 0 Å². The minimum absolute atomic E-state index is 0.140. The fourth-order valence-corrected chi connectivity index (χ4v) is 3.40. The highest BCUT2D eigenvalue weighted by Gasteiger charge is 2.28. The van der Waals surface area contributed by atoms with Crippen LogP contribution >= 0.6 is 0 Å². The number of para-hydroxylation sites is 1. The van der Waals surface area contributed by atoms with Crippen LogP contribution in [0.5, 0.6) is 11.5 Å². The van der Waals surface area contributed by atoms with Crippen molar-refractivity contribution in [1.82, 2.24) is 10.2 Å². The molecule has 0 aromatic heterocycles. The molecule has 2 N–H and O–H groups in total. The third-order valence-corrected chi connectivity index (χ3v) is 5.34. The smallest absolute Gasteiger partial charge is 0.252 e. The van der Waals surface area contributed by atoms with Crippen LogP contribution in [-0.4, -0.2) is 56.5 Å². The quantitative estimate of drug-likeness (QED) is 0.605. The highest BCUT2D eigenvalue weighted by atomic mass is 16.5. The number of nitrogens with zero attached hydrogens (tertiary/aromatic N) is 1. The summed E-state index contributed by atoms with van der Waals surface area (Å²) in [5.41, 5.74) is 2.93. The van der Waals surface area contributed by atoms with Gasteiger partial charge in [-0.3, -0.25) is 14.4 Å². The number of carbonyl (C=O) groups excluding carboxylic acids is 3. The summed E-state index contributed by atoms with van der Waals surface area (Å²) in [7, 11) is 4.54. The molecule has 2 rings (SSSR count). The fraction of sp³-hybridized carbons (Fsp3) is 0.400. The van der Waals surface area contributed by atoms with E-state index < -0.39 is 11.9 Å². The van der Waals surface area contributed by atoms with Crippen LogP contribution in [0.15, 0.2) is 36.4 Å². The second kappa shape index (κ2) is 11.4. The molecule has 0 aliphatic carbocycles. The maximum Gasteiger partial charge on any atom is 0.252 e. The van der Waals surface area contributed by atoms with Gasteiger partial charge in [-0.05, 0) is 43.0 Å². The number of rotatable bonds is 9. The Morgan fingerprint density at radius 1 is 0.970 bits per heavy atom. The maximum absolute atomic E-state index is 13.1. The number of aryl methyl sites for hydroxylation is 2. The summed E-state index contributed by atoms with van der Waals surface area (Å²) in [4.78, 5) is 39.9. The lowest BCUT2D eigenvalue weighted by atomic mass is 10.0. The first-order chi connectivity index (χ1) is 15.6. The molecule has 178 valence electrons. The Morgan fingerprint density at radius 2 is 1.52 bits per heavy atom. The minimum Gasteiger partial charge on any atom is -0.497 e. The van der Waals surface area contributed by atoms with E-state index in [4.69, 9.17) is 9.47 Å². The van der Waals surface area contributed by atoms with Crippen molar-refractivity contribution >= 4 is 23.4 Å². The summed E-state index contributed by atoms with van der Waals surface area (Å²) in [6.45, 7) is 7.35. The van der Waals surface area contributed by atoms with E-state index in [2.05, 4.69) is 10.6 Å². The standard InChI is InChI=1S/C25H33N3O5/c1-15(2)22(27-24(30)18-11-19(32-6)13-20(12-18)33-7)25(31)28(5)14-21(29)26-23-16(3)9-8-10-17(23)4/h8-13,15,22H,14H2,1-7H3,(H,26,29)(H,27,30). The van der Waals surface area contributed by atoms with Crippen molar-refractivity contribution in [3.63, 3.8) is 0 Å². The van der Waals surface area contributed by atoms with Gasteiger partial charge in [0.15, 0.2) is 0 Å². The lowest BCUT2D eigenvalue weighted by molar-refractivity contribution is -0.135. The van der Waals surface area contributed by atoms with Crippen LogP contribution in [0.3, 0.4) is 0 Å². The molecule has 0 saturated heterocycles. The van der Waals surface area contributed by atoms with Crippen LogP contribution < -0.4 is 20.1 Å². The van der Waals surface area contributed by atoms with Crippen LogP contribution in [0.2, 0.25) is 0 Å². The van der Waals surface area contributed by atoms with E-state index in [1.165, 1.54) is 19.1 Å². The highest BCUT2D eigenvalue weighted by Crippen LogP contribution is 2.23. The van der Waals surface area contributed by atoms with Crippen molar-refractivity contribution in [3.05, 3.63) is 53.1 Å². The van der Waals surface area contributed by atoms with Crippen LogP contribution in [0.4, 0.5) is 5.69 Å². The molecule has 1 unspecified atom stereocenters. The number of amides is 3. The zero-order valence-electron chi connectivity index (χ0n) is 20.3. The zero-order chi connectivity index (χ0) is 24.7. The van der Waals surface area contributed by atoms with E-state index in [0.29, 0.717) is 17.1 Å². The van der Waals surface area contributed by atoms with Gasteiger partial charge in [0.25, 0.3) is 5.91 Å². The highest BCUT2D eigenvalue weighted by molar-refractivity contribution is 6.00. The van der Waals surface area contributed by atoms with Gasteiger partial charge in [-0.1, -0.05) is 32.0 Å². The van der Waals surface area contributed by atoms with Crippen molar-refractivity contribution in [3.8, 4) is 11.5 Å². The monoisotopic (exact) mass is 455 g/mol. The summed E-state index contributed by atoms with van der Waals surface area (Å²) in [6, 6.07) is 9.73. The molecule has 0 fully saturated rings. The Balaban J connectivity index is 2.11. The molecule has 0 aliphatic rings. The first kappa shape index (κ1) is 25.7. The molecule has 33 heavy (non-hydrogen) atoms. The molecule has 3 amide bonds. The number of carbonyl (C=O) groups is 3. The summed E-state index contributed by atoms with van der Waals surface area (Å²) in [5.74, 6) is -0.371. The number of nitrogens with one attached hydrogen (secondary N) is 2. The van der Waals surface area contributed by atoms with E-state index in [0.717, 1.165) is 16.8 Å². The Hall–Kier alpha value is -3.55. The van der Waals surface area contributed by atoms with E-state index in [1.54, 1.807) is 25.2 Å². The molecule has 8 heteroatoms. The second-order valence-corrected chi connectivity index (χ2v) is 8.31. The minimum atomic E-state index is -0.812. The van der Waals surface area contributed by atoms with Gasteiger partial charge in [0.1, 0.15) is 17.5 Å². The summed E-state index contributed by atoms with van der Waals surface area (Å²) >= 11 is 0. The van der Waals surface area contributed by atoms with Gasteiger partial charge < -0.3 is 25.0 Å². The lowest BCUT2D eigenvalue weighted by Crippen LogP contribution is -2.51. The molecular formula is C25H33N3O5. The fourth-order valence-electron chi connectivity index (χ4n) is 3.40. The number of anilines is 1. The molecule has 8 nitrogen and oxygen atoms in total. The Morgan fingerprint density at radius 3 is 2.00 bits per heavy atom. The second-order valence-electron chi connectivity index (χ2n) is 8.31. The molecular weight excluding hydrogens is 422 g/mol. The molecule has 0 aliphatic heterocycles. The van der Waals surface area contributed by atoms with Crippen LogP contribution in [-0.2, 0) is 9.59 Å². The van der Waals surface area contributed by atoms with Crippen molar-refractivity contribution in [2.24, 2.45) is 5.92 Å². The number of hydrogen-bond acceptors (Lipinski definition) is 5. The molecule has 0 heterocycles. The normalized spacial score (nSPS) is 11.5. The van der Waals surface area contributed by atoms with Crippen molar-refractivity contribution < 1.29 is 23.9 Å². The third-order valence-electron chi connectivity index (χ3n) is 5.34. The van der Waals surface area contributed by atoms with Gasteiger partial charge >= 0.3 is 0 Å². The Labute approximate surface area is 195 Å². The summed E-state index contributed by atoms with van der Waals surface area (Å²) in [6.07, 6.45) is 0. The molecule has 0 bridgehead atoms. The van der Waals surface area contributed by atoms with Gasteiger partial charge in [0.05, 0.1) is 20.8 Å². The topological polar surface area (TPSA) is 97.0 Å². The third kappa shape index (κ3) is 6.71. The number of likely N-dealkylation sites (N-methyl/N-ethyl adjacent to an activating group) is 1. The van der Waals surface area contributed by atoms with Gasteiger partial charge in [0, 0.05) is 24.4 Å². The predicted octanol–water partition coefficient (Wildman–Crippen LogP) is 3.17. The Kier molecular flexibility index (Phi) is 8.85. The first-order valence-corrected chi connectivity index (χ1v) is 10.7. The molecule has 2 aromatic carbocycles. The number of benzene rings is 2. The first-order valence-electron chi connectivity index (χ1n) is 10.7. The molecule has 1 atom stereocenters. The SMILES string of the molecule is COc1cc(OC)cc(C(=O)NC(C(=O)N(C)CC(=O)Nc2c(C)cccc2C)C(C)C)c1. The molecule has 2 aromatic rings. The van der Waals surface area contributed by atoms with E-state index >= 15 is 0 Å². The van der Waals surface area contributed by atoms with E-state index in [1.807, 2.05) is 45.9 Å². The van der Waals surface area contributed by atoms with E-state index in [-0.39, 0.29) is 24.3 Å². The number of ether oxygens (including phenoxy) is 2. The predicted molar refractivity (Wildman–Crippen MR) is 128 cm³/mol. The summed E-state index contributed by atoms with van der Waals surface area (Å²) in [5, 5.41) is 5.66. The van der Waals surface area contributed by atoms with Gasteiger partial charge in [-0.25, -0.2) is 0 Å². The number of methoxy groups -OCH3 is 2. The average Bonchev–Trinajstić information content (AvgIpc) is 2.78. The maximum atomic E-state index is 13.1. The van der Waals surface area contributed by atoms with Crippen molar-refractivity contribution in [1.29, 1.82) is 0 Å². The number of hydrogen-bond donors (Lipinski definition) is 2. The molecule has 0 spiro atoms. The Bertz CT molecular complexity index is 977. The molecule has 0 radical (unpaired) electrons. The largest absolute Gasteiger partial charge is 0.497 e. The van der Waals surface area contributed by atoms with Gasteiger partial charge in [0.2, 0.25) is 11.8 Å². The van der Waals surface area contributed by atoms with Crippen LogP contribution in [0.1, 0.15) is 35.3 Å². The zero-order valence-corrected chi connectivity index (χ0v) is 20.3. The van der Waals surface area contributed by atoms with Crippen LogP contribution in [0.25, 0.3) is 0 Å². The summed E-state index contributed by atoms with van der Waals surface area (Å²) < 4.78 is 10.4. The lowest BCUT2D eigenvalue weighted by Gasteiger charge is -2.27. The van der Waals surface area contributed by atoms with Crippen molar-refractivity contribution in [2.45, 2.75) is 33.7 Å². The van der Waals surface area contributed by atoms with E-state index in [9.17, 15) is 14.4 Å². The average molecular weight is 456 g/mol. The van der Waals surface area contributed by atoms with Crippen LogP contribution in [0, 0.1) is 19.8 Å².